The maximum absolute atomic E-state index is 15.2. The standard InChI is InChI=1S/C23H23ClF3N3O2/c1-13-2-3-14(8-19(13)25)9-20(31)30-6-4-16(5-7-30)23(26,27)22(32)18-11-17(24)10-15-12-28-29-21(15)18/h2-3,8,10-12,16,22,32H,4-7,9H2,1H3,(H,28,29)/t22-/m1/s1. The van der Waals surface area contributed by atoms with Crippen molar-refractivity contribution >= 4 is 28.4 Å². The summed E-state index contributed by atoms with van der Waals surface area (Å²) < 4.78 is 44.2. The minimum atomic E-state index is -3.42. The van der Waals surface area contributed by atoms with Crippen LogP contribution >= 0.6 is 11.6 Å². The molecule has 1 amide bonds. The van der Waals surface area contributed by atoms with E-state index in [1.807, 2.05) is 0 Å². The van der Waals surface area contributed by atoms with E-state index in [9.17, 15) is 14.3 Å². The number of nitrogens with one attached hydrogen (secondary N) is 1. The summed E-state index contributed by atoms with van der Waals surface area (Å²) in [4.78, 5) is 14.1. The molecule has 0 saturated carbocycles. The SMILES string of the molecule is Cc1ccc(CC(=O)N2CCC(C(F)(F)[C@H](O)c3cc(Cl)cc4cn[nH]c34)CC2)cc1F. The molecule has 1 aromatic heterocycles. The Kier molecular flexibility index (Phi) is 6.18. The van der Waals surface area contributed by atoms with Gasteiger partial charge in [0, 0.05) is 35.0 Å². The van der Waals surface area contributed by atoms with Crippen molar-refractivity contribution in [1.29, 1.82) is 0 Å². The number of likely N-dealkylation sites (tertiary alicyclic amines) is 1. The second kappa shape index (κ2) is 8.75. The van der Waals surface area contributed by atoms with Gasteiger partial charge in [-0.3, -0.25) is 9.89 Å². The Balaban J connectivity index is 1.42. The molecule has 2 aromatic carbocycles. The van der Waals surface area contributed by atoms with E-state index in [1.165, 1.54) is 23.2 Å². The molecule has 5 nitrogen and oxygen atoms in total. The van der Waals surface area contributed by atoms with Crippen molar-refractivity contribution in [2.75, 3.05) is 13.1 Å². The molecule has 9 heteroatoms. The first-order chi connectivity index (χ1) is 15.2. The Labute approximate surface area is 188 Å². The summed E-state index contributed by atoms with van der Waals surface area (Å²) in [6.45, 7) is 1.94. The van der Waals surface area contributed by atoms with Crippen molar-refractivity contribution < 1.29 is 23.1 Å². The predicted octanol–water partition coefficient (Wildman–Crippen LogP) is 4.81. The molecule has 1 atom stereocenters. The highest BCUT2D eigenvalue weighted by atomic mass is 35.5. The Morgan fingerprint density at radius 2 is 2.03 bits per heavy atom. The number of aliphatic hydroxyl groups is 1. The van der Waals surface area contributed by atoms with E-state index in [0.717, 1.165) is 0 Å². The quantitative estimate of drug-likeness (QED) is 0.568. The van der Waals surface area contributed by atoms with Crippen LogP contribution in [0.3, 0.4) is 0 Å². The minimum Gasteiger partial charge on any atom is -0.382 e. The average Bonchev–Trinajstić information content (AvgIpc) is 3.23. The van der Waals surface area contributed by atoms with Gasteiger partial charge in [0.25, 0.3) is 5.92 Å². The van der Waals surface area contributed by atoms with Crippen LogP contribution in [-0.4, -0.2) is 45.1 Å². The number of benzene rings is 2. The number of amides is 1. The van der Waals surface area contributed by atoms with E-state index < -0.39 is 17.9 Å². The molecular formula is C23H23ClF3N3O2. The Morgan fingerprint density at radius 3 is 2.72 bits per heavy atom. The van der Waals surface area contributed by atoms with Crippen LogP contribution in [0.5, 0.6) is 0 Å². The first-order valence-electron chi connectivity index (χ1n) is 10.4. The van der Waals surface area contributed by atoms with Crippen molar-refractivity contribution in [2.45, 2.75) is 38.2 Å². The van der Waals surface area contributed by atoms with E-state index in [0.29, 0.717) is 22.0 Å². The first-order valence-corrected chi connectivity index (χ1v) is 10.8. The van der Waals surface area contributed by atoms with Gasteiger partial charge in [-0.2, -0.15) is 5.10 Å². The normalized spacial score (nSPS) is 16.5. The zero-order chi connectivity index (χ0) is 23.0. The lowest BCUT2D eigenvalue weighted by atomic mass is 9.84. The summed E-state index contributed by atoms with van der Waals surface area (Å²) in [5, 5.41) is 17.8. The monoisotopic (exact) mass is 465 g/mol. The number of piperidine rings is 1. The number of halogens is 4. The highest BCUT2D eigenvalue weighted by molar-refractivity contribution is 6.31. The maximum Gasteiger partial charge on any atom is 0.280 e. The van der Waals surface area contributed by atoms with Gasteiger partial charge in [-0.05, 0) is 49.1 Å². The van der Waals surface area contributed by atoms with E-state index in [-0.39, 0.29) is 54.7 Å². The number of fused-ring (bicyclic) bond motifs is 1. The van der Waals surface area contributed by atoms with Crippen molar-refractivity contribution in [2.24, 2.45) is 5.92 Å². The van der Waals surface area contributed by atoms with Gasteiger partial charge in [0.15, 0.2) is 0 Å². The molecule has 2 heterocycles. The molecule has 1 aliphatic heterocycles. The van der Waals surface area contributed by atoms with E-state index in [4.69, 9.17) is 11.6 Å². The van der Waals surface area contributed by atoms with Crippen LogP contribution in [0.2, 0.25) is 5.02 Å². The third-order valence-electron chi connectivity index (χ3n) is 6.19. The molecule has 1 saturated heterocycles. The lowest BCUT2D eigenvalue weighted by Gasteiger charge is -2.38. The predicted molar refractivity (Wildman–Crippen MR) is 115 cm³/mol. The van der Waals surface area contributed by atoms with Gasteiger partial charge >= 0.3 is 0 Å². The van der Waals surface area contributed by atoms with E-state index >= 15 is 8.78 Å². The Hall–Kier alpha value is -2.58. The number of aryl methyl sites for hydroxylation is 1. The fourth-order valence-corrected chi connectivity index (χ4v) is 4.47. The van der Waals surface area contributed by atoms with Crippen LogP contribution in [0.15, 0.2) is 36.5 Å². The van der Waals surface area contributed by atoms with Crippen molar-refractivity contribution in [1.82, 2.24) is 15.1 Å². The summed E-state index contributed by atoms with van der Waals surface area (Å²) in [6.07, 6.45) is -0.497. The van der Waals surface area contributed by atoms with Crippen LogP contribution in [0, 0.1) is 18.7 Å². The fourth-order valence-electron chi connectivity index (χ4n) is 4.24. The lowest BCUT2D eigenvalue weighted by Crippen LogP contribution is -2.45. The number of hydrogen-bond acceptors (Lipinski definition) is 3. The van der Waals surface area contributed by atoms with Crippen LogP contribution in [0.4, 0.5) is 13.2 Å². The van der Waals surface area contributed by atoms with Gasteiger partial charge < -0.3 is 10.0 Å². The molecule has 4 rings (SSSR count). The second-order valence-electron chi connectivity index (χ2n) is 8.32. The lowest BCUT2D eigenvalue weighted by molar-refractivity contribution is -0.164. The van der Waals surface area contributed by atoms with Crippen LogP contribution in [0.25, 0.3) is 10.9 Å². The Bertz CT molecular complexity index is 1140. The number of aliphatic hydroxyl groups excluding tert-OH is 1. The minimum absolute atomic E-state index is 0.00472. The van der Waals surface area contributed by atoms with Gasteiger partial charge in [-0.1, -0.05) is 23.7 Å². The maximum atomic E-state index is 15.2. The zero-order valence-corrected chi connectivity index (χ0v) is 18.2. The first kappa shape index (κ1) is 22.6. The second-order valence-corrected chi connectivity index (χ2v) is 8.76. The molecule has 3 aromatic rings. The molecule has 32 heavy (non-hydrogen) atoms. The largest absolute Gasteiger partial charge is 0.382 e. The third-order valence-corrected chi connectivity index (χ3v) is 6.41. The van der Waals surface area contributed by atoms with Gasteiger partial charge in [-0.15, -0.1) is 0 Å². The molecule has 2 N–H and O–H groups in total. The number of H-pyrrole nitrogens is 1. The molecule has 0 aliphatic carbocycles. The molecule has 1 fully saturated rings. The summed E-state index contributed by atoms with van der Waals surface area (Å²) >= 11 is 6.03. The third kappa shape index (κ3) is 4.34. The smallest absolute Gasteiger partial charge is 0.280 e. The van der Waals surface area contributed by atoms with Crippen LogP contribution in [-0.2, 0) is 11.2 Å². The molecule has 0 radical (unpaired) electrons. The summed E-state index contributed by atoms with van der Waals surface area (Å²) in [6, 6.07) is 7.53. The number of rotatable bonds is 5. The van der Waals surface area contributed by atoms with Crippen molar-refractivity contribution in [3.8, 4) is 0 Å². The summed E-state index contributed by atoms with van der Waals surface area (Å²) in [5.41, 5.74) is 1.36. The molecule has 0 unspecified atom stereocenters. The van der Waals surface area contributed by atoms with Gasteiger partial charge in [-0.25, -0.2) is 13.2 Å². The van der Waals surface area contributed by atoms with E-state index in [2.05, 4.69) is 10.2 Å². The van der Waals surface area contributed by atoms with Crippen molar-refractivity contribution in [3.05, 3.63) is 64.1 Å². The number of aromatic nitrogens is 2. The topological polar surface area (TPSA) is 69.2 Å². The molecular weight excluding hydrogens is 443 g/mol. The van der Waals surface area contributed by atoms with Crippen molar-refractivity contribution in [3.63, 3.8) is 0 Å². The summed E-state index contributed by atoms with van der Waals surface area (Å²) in [7, 11) is 0. The number of aromatic amines is 1. The average molecular weight is 466 g/mol. The van der Waals surface area contributed by atoms with Crippen LogP contribution in [0.1, 0.15) is 35.6 Å². The zero-order valence-electron chi connectivity index (χ0n) is 17.4. The molecule has 0 bridgehead atoms. The highest BCUT2D eigenvalue weighted by Crippen LogP contribution is 2.44. The van der Waals surface area contributed by atoms with E-state index in [1.54, 1.807) is 25.1 Å². The number of carbonyl (C=O) groups is 1. The molecule has 1 aliphatic rings. The van der Waals surface area contributed by atoms with Crippen LogP contribution < -0.4 is 0 Å². The number of hydrogen-bond donors (Lipinski definition) is 2. The molecule has 170 valence electrons. The Morgan fingerprint density at radius 1 is 1.31 bits per heavy atom. The van der Waals surface area contributed by atoms with Gasteiger partial charge in [0.1, 0.15) is 11.9 Å². The van der Waals surface area contributed by atoms with Gasteiger partial charge in [0.05, 0.1) is 18.1 Å². The number of alkyl halides is 2. The number of carbonyl (C=O) groups excluding carboxylic acids is 1. The number of nitrogens with zero attached hydrogens (tertiary/aromatic N) is 2. The van der Waals surface area contributed by atoms with Gasteiger partial charge in [0.2, 0.25) is 5.91 Å². The fraction of sp³-hybridized carbons (Fsp3) is 0.391. The molecule has 0 spiro atoms. The highest BCUT2D eigenvalue weighted by Gasteiger charge is 2.48. The summed E-state index contributed by atoms with van der Waals surface area (Å²) in [5.74, 6) is -5.13.